The van der Waals surface area contributed by atoms with E-state index in [-0.39, 0.29) is 16.8 Å². The van der Waals surface area contributed by atoms with Gasteiger partial charge in [0.2, 0.25) is 0 Å². The third-order valence-corrected chi connectivity index (χ3v) is 6.78. The molecule has 2 N–H and O–H groups in total. The second-order valence-electron chi connectivity index (χ2n) is 8.52. The molecule has 0 radical (unpaired) electrons. The number of benzene rings is 2. The van der Waals surface area contributed by atoms with E-state index in [0.717, 1.165) is 55.5 Å². The lowest BCUT2D eigenvalue weighted by Crippen LogP contribution is -2.47. The van der Waals surface area contributed by atoms with Crippen LogP contribution in [0.3, 0.4) is 0 Å². The van der Waals surface area contributed by atoms with Crippen LogP contribution in [0.25, 0.3) is 0 Å². The van der Waals surface area contributed by atoms with E-state index in [1.807, 2.05) is 12.1 Å². The third kappa shape index (κ3) is 5.54. The SMILES string of the molecule is CCC1(CC)CC(CC)(CC)c2cc(NC(=O)Nc3ccc(OC(F)(F)F)cc3)ccc2O1. The number of urea groups is 1. The summed E-state index contributed by atoms with van der Waals surface area (Å²) in [5, 5.41) is 5.43. The summed E-state index contributed by atoms with van der Waals surface area (Å²) in [5.74, 6) is 0.508. The molecule has 5 nitrogen and oxygen atoms in total. The summed E-state index contributed by atoms with van der Waals surface area (Å²) in [6, 6.07) is 10.2. The Morgan fingerprint density at radius 3 is 2.06 bits per heavy atom. The first kappa shape index (κ1) is 24.7. The average molecular weight is 465 g/mol. The second kappa shape index (κ2) is 9.53. The normalized spacial score (nSPS) is 16.3. The van der Waals surface area contributed by atoms with Crippen molar-refractivity contribution in [3.8, 4) is 11.5 Å². The first-order valence-electron chi connectivity index (χ1n) is 11.3. The largest absolute Gasteiger partial charge is 0.573 e. The van der Waals surface area contributed by atoms with Crippen molar-refractivity contribution < 1.29 is 27.4 Å². The summed E-state index contributed by atoms with van der Waals surface area (Å²) in [6.07, 6.45) is -0.0510. The lowest BCUT2D eigenvalue weighted by Gasteiger charge is -2.48. The van der Waals surface area contributed by atoms with E-state index in [2.05, 4.69) is 43.1 Å². The molecule has 0 spiro atoms. The summed E-state index contributed by atoms with van der Waals surface area (Å²) in [5.41, 5.74) is 1.83. The molecule has 0 aromatic heterocycles. The number of hydrogen-bond donors (Lipinski definition) is 2. The first-order chi connectivity index (χ1) is 15.6. The van der Waals surface area contributed by atoms with Crippen LogP contribution in [-0.2, 0) is 5.41 Å². The molecule has 180 valence electrons. The summed E-state index contributed by atoms with van der Waals surface area (Å²) in [7, 11) is 0. The van der Waals surface area contributed by atoms with Crippen molar-refractivity contribution >= 4 is 17.4 Å². The van der Waals surface area contributed by atoms with Gasteiger partial charge in [0, 0.05) is 22.4 Å². The third-order valence-electron chi connectivity index (χ3n) is 6.78. The number of nitrogens with one attached hydrogen (secondary N) is 2. The Kier molecular flexibility index (Phi) is 7.14. The van der Waals surface area contributed by atoms with Gasteiger partial charge < -0.3 is 20.1 Å². The van der Waals surface area contributed by atoms with Gasteiger partial charge in [0.1, 0.15) is 17.1 Å². The van der Waals surface area contributed by atoms with Gasteiger partial charge in [0.25, 0.3) is 0 Å². The zero-order valence-corrected chi connectivity index (χ0v) is 19.4. The van der Waals surface area contributed by atoms with E-state index in [1.165, 1.54) is 12.1 Å². The van der Waals surface area contributed by atoms with Crippen LogP contribution >= 0.6 is 0 Å². The molecule has 2 aromatic carbocycles. The van der Waals surface area contributed by atoms with Crippen molar-refractivity contribution in [1.29, 1.82) is 0 Å². The number of ether oxygens (including phenoxy) is 2. The number of carbonyl (C=O) groups is 1. The lowest BCUT2D eigenvalue weighted by molar-refractivity contribution is -0.274. The Balaban J connectivity index is 1.76. The molecule has 1 heterocycles. The van der Waals surface area contributed by atoms with Gasteiger partial charge in [-0.1, -0.05) is 27.7 Å². The number of fused-ring (bicyclic) bond motifs is 1. The van der Waals surface area contributed by atoms with Crippen molar-refractivity contribution in [2.45, 2.75) is 77.2 Å². The Bertz CT molecular complexity index is 966. The average Bonchev–Trinajstić information content (AvgIpc) is 2.78. The molecule has 8 heteroatoms. The molecule has 0 unspecified atom stereocenters. The quantitative estimate of drug-likeness (QED) is 0.443. The minimum atomic E-state index is -4.76. The molecule has 3 rings (SSSR count). The molecule has 2 aromatic rings. The van der Waals surface area contributed by atoms with Crippen LogP contribution in [0.5, 0.6) is 11.5 Å². The number of halogens is 3. The Hall–Kier alpha value is -2.90. The van der Waals surface area contributed by atoms with E-state index in [4.69, 9.17) is 4.74 Å². The fraction of sp³-hybridized carbons (Fsp3) is 0.480. The number of anilines is 2. The highest BCUT2D eigenvalue weighted by molar-refractivity contribution is 5.99. The van der Waals surface area contributed by atoms with Crippen LogP contribution in [0.1, 0.15) is 65.4 Å². The van der Waals surface area contributed by atoms with Crippen molar-refractivity contribution in [3.05, 3.63) is 48.0 Å². The van der Waals surface area contributed by atoms with Crippen LogP contribution in [0, 0.1) is 0 Å². The highest BCUT2D eigenvalue weighted by atomic mass is 19.4. The molecule has 1 aliphatic heterocycles. The number of alkyl halides is 3. The van der Waals surface area contributed by atoms with Crippen LogP contribution in [0.2, 0.25) is 0 Å². The summed E-state index contributed by atoms with van der Waals surface area (Å²) in [6.45, 7) is 8.69. The van der Waals surface area contributed by atoms with Gasteiger partial charge in [0.15, 0.2) is 0 Å². The van der Waals surface area contributed by atoms with Crippen molar-refractivity contribution in [2.24, 2.45) is 0 Å². The van der Waals surface area contributed by atoms with Crippen molar-refractivity contribution in [3.63, 3.8) is 0 Å². The second-order valence-corrected chi connectivity index (χ2v) is 8.52. The molecular formula is C25H31F3N2O3. The summed E-state index contributed by atoms with van der Waals surface area (Å²) in [4.78, 5) is 12.5. The van der Waals surface area contributed by atoms with E-state index < -0.39 is 12.4 Å². The maximum Gasteiger partial charge on any atom is 0.573 e. The smallest absolute Gasteiger partial charge is 0.487 e. The van der Waals surface area contributed by atoms with Crippen LogP contribution < -0.4 is 20.1 Å². The molecule has 0 aliphatic carbocycles. The Labute approximate surface area is 192 Å². The molecule has 1 aliphatic rings. The topological polar surface area (TPSA) is 59.6 Å². The monoisotopic (exact) mass is 464 g/mol. The first-order valence-corrected chi connectivity index (χ1v) is 11.3. The number of rotatable bonds is 7. The highest BCUT2D eigenvalue weighted by Gasteiger charge is 2.46. The molecule has 0 saturated heterocycles. The standard InChI is InChI=1S/C25H31F3N2O3/c1-5-23(6-2)16-24(7-3,8-4)33-21-14-11-18(15-20(21)23)30-22(31)29-17-9-12-19(13-10-17)32-25(26,27)28/h9-15H,5-8,16H2,1-4H3,(H2,29,30,31). The fourth-order valence-corrected chi connectivity index (χ4v) is 4.65. The van der Waals surface area contributed by atoms with Crippen LogP contribution in [0.15, 0.2) is 42.5 Å². The van der Waals surface area contributed by atoms with Crippen molar-refractivity contribution in [1.82, 2.24) is 0 Å². The van der Waals surface area contributed by atoms with Gasteiger partial charge in [-0.2, -0.15) is 0 Å². The van der Waals surface area contributed by atoms with Gasteiger partial charge in [0.05, 0.1) is 0 Å². The van der Waals surface area contributed by atoms with Gasteiger partial charge in [-0.25, -0.2) is 4.79 Å². The zero-order chi connectivity index (χ0) is 24.3. The summed E-state index contributed by atoms with van der Waals surface area (Å²) >= 11 is 0. The van der Waals surface area contributed by atoms with E-state index in [1.54, 1.807) is 6.07 Å². The van der Waals surface area contributed by atoms with Gasteiger partial charge in [-0.05, 0) is 74.6 Å². The maximum atomic E-state index is 12.5. The van der Waals surface area contributed by atoms with Crippen LogP contribution in [0.4, 0.5) is 29.3 Å². The van der Waals surface area contributed by atoms with E-state index in [0.29, 0.717) is 11.4 Å². The number of amides is 2. The molecule has 0 saturated carbocycles. The zero-order valence-electron chi connectivity index (χ0n) is 19.4. The highest BCUT2D eigenvalue weighted by Crippen LogP contribution is 2.51. The van der Waals surface area contributed by atoms with Gasteiger partial charge in [-0.3, -0.25) is 0 Å². The summed E-state index contributed by atoms with van der Waals surface area (Å²) < 4.78 is 47.2. The molecule has 0 bridgehead atoms. The van der Waals surface area contributed by atoms with Crippen LogP contribution in [-0.4, -0.2) is 18.0 Å². The van der Waals surface area contributed by atoms with E-state index in [9.17, 15) is 18.0 Å². The predicted octanol–water partition coefficient (Wildman–Crippen LogP) is 7.63. The Morgan fingerprint density at radius 1 is 0.939 bits per heavy atom. The molecule has 0 fully saturated rings. The molecular weight excluding hydrogens is 433 g/mol. The Morgan fingerprint density at radius 2 is 1.52 bits per heavy atom. The van der Waals surface area contributed by atoms with Gasteiger partial charge in [-0.15, -0.1) is 13.2 Å². The minimum absolute atomic E-state index is 0.0396. The molecule has 2 amide bonds. The predicted molar refractivity (Wildman–Crippen MR) is 123 cm³/mol. The lowest BCUT2D eigenvalue weighted by atomic mass is 9.65. The number of carbonyl (C=O) groups excluding carboxylic acids is 1. The maximum absolute atomic E-state index is 12.5. The van der Waals surface area contributed by atoms with E-state index >= 15 is 0 Å². The van der Waals surface area contributed by atoms with Crippen molar-refractivity contribution in [2.75, 3.05) is 10.6 Å². The number of hydrogen-bond acceptors (Lipinski definition) is 3. The molecule has 0 atom stereocenters. The minimum Gasteiger partial charge on any atom is -0.487 e. The van der Waals surface area contributed by atoms with Gasteiger partial charge >= 0.3 is 12.4 Å². The molecule has 33 heavy (non-hydrogen) atoms. The fourth-order valence-electron chi connectivity index (χ4n) is 4.65.